The second-order valence-electron chi connectivity index (χ2n) is 9.61. The summed E-state index contributed by atoms with van der Waals surface area (Å²) in [5, 5.41) is 7.69. The van der Waals surface area contributed by atoms with Crippen molar-refractivity contribution in [2.45, 2.75) is 0 Å². The van der Waals surface area contributed by atoms with Gasteiger partial charge in [0, 0.05) is 66.1 Å². The van der Waals surface area contributed by atoms with Crippen LogP contribution in [-0.4, -0.2) is 42.1 Å². The lowest BCUT2D eigenvalue weighted by Gasteiger charge is -2.29. The Morgan fingerprint density at radius 3 is 2.42 bits per heavy atom. The van der Waals surface area contributed by atoms with Crippen LogP contribution in [0.1, 0.15) is 0 Å². The number of para-hydroxylation sites is 2. The zero-order chi connectivity index (χ0) is 27.3. The van der Waals surface area contributed by atoms with Gasteiger partial charge in [-0.25, -0.2) is 9.97 Å². The lowest BCUT2D eigenvalue weighted by atomic mass is 10.0. The van der Waals surface area contributed by atoms with Gasteiger partial charge >= 0.3 is 0 Å². The number of fused-ring (bicyclic) bond motifs is 1. The Morgan fingerprint density at radius 1 is 0.900 bits per heavy atom. The van der Waals surface area contributed by atoms with E-state index in [0.717, 1.165) is 65.3 Å². The molecule has 1 aromatic heterocycles. The van der Waals surface area contributed by atoms with Crippen LogP contribution in [0.3, 0.4) is 0 Å². The number of rotatable bonds is 7. The van der Waals surface area contributed by atoms with Gasteiger partial charge in [-0.15, -0.1) is 0 Å². The van der Waals surface area contributed by atoms with Crippen molar-refractivity contribution in [3.05, 3.63) is 116 Å². The molecule has 7 heteroatoms. The normalized spacial score (nSPS) is 13.2. The number of carbonyl (C=O) groups is 1. The molecule has 1 aliphatic heterocycles. The first-order chi connectivity index (χ1) is 19.7. The molecule has 1 aliphatic rings. The number of nitrogens with one attached hydrogen (secondary N) is 2. The summed E-state index contributed by atoms with van der Waals surface area (Å²) in [6.45, 7) is 7.74. The van der Waals surface area contributed by atoms with Gasteiger partial charge in [0.05, 0.1) is 5.52 Å². The second kappa shape index (κ2) is 11.4. The van der Waals surface area contributed by atoms with Crippen molar-refractivity contribution in [2.75, 3.05) is 41.3 Å². The molecule has 0 bridgehead atoms. The van der Waals surface area contributed by atoms with Gasteiger partial charge in [0.15, 0.2) is 0 Å². The van der Waals surface area contributed by atoms with Crippen molar-refractivity contribution >= 4 is 45.5 Å². The molecule has 0 spiro atoms. The van der Waals surface area contributed by atoms with Crippen LogP contribution in [0.25, 0.3) is 22.0 Å². The Balaban J connectivity index is 1.32. The van der Waals surface area contributed by atoms with E-state index < -0.39 is 0 Å². The summed E-state index contributed by atoms with van der Waals surface area (Å²) in [7, 11) is 0. The van der Waals surface area contributed by atoms with Gasteiger partial charge in [-0.3, -0.25) is 9.69 Å². The van der Waals surface area contributed by atoms with Crippen molar-refractivity contribution in [1.82, 2.24) is 15.3 Å². The zero-order valence-corrected chi connectivity index (χ0v) is 22.1. The van der Waals surface area contributed by atoms with Crippen molar-refractivity contribution in [3.63, 3.8) is 0 Å². The molecule has 0 radical (unpaired) electrons. The standard InChI is InChI=1S/C33H30N6O/c1-2-31(40)39(28-10-4-3-5-11-28)29-12-6-8-24(22-29)30-13-7-9-25-23-35-33(37-32(25)30)36-26-14-16-27(17-15-26)38-20-18-34-19-21-38/h2-17,22-23,34H,1,18-21H2,(H,35,36,37). The molecule has 5 aromatic rings. The van der Waals surface area contributed by atoms with Crippen LogP contribution < -0.4 is 20.4 Å². The Kier molecular flexibility index (Phi) is 7.20. The summed E-state index contributed by atoms with van der Waals surface area (Å²) in [6, 6.07) is 31.9. The predicted octanol–water partition coefficient (Wildman–Crippen LogP) is 6.30. The van der Waals surface area contributed by atoms with E-state index in [0.29, 0.717) is 5.95 Å². The molecular formula is C33H30N6O. The highest BCUT2D eigenvalue weighted by molar-refractivity contribution is 6.07. The molecular weight excluding hydrogens is 496 g/mol. The molecule has 1 saturated heterocycles. The SMILES string of the molecule is C=CC(=O)N(c1ccccc1)c1cccc(-c2cccc3cnc(Nc4ccc(N5CCNCC5)cc4)nc23)c1. The number of carbonyl (C=O) groups excluding carboxylic acids is 1. The monoisotopic (exact) mass is 526 g/mol. The fraction of sp³-hybridized carbons (Fsp3) is 0.121. The maximum Gasteiger partial charge on any atom is 0.254 e. The highest BCUT2D eigenvalue weighted by atomic mass is 16.2. The summed E-state index contributed by atoms with van der Waals surface area (Å²) >= 11 is 0. The van der Waals surface area contributed by atoms with E-state index in [1.54, 1.807) is 4.90 Å². The van der Waals surface area contributed by atoms with Crippen LogP contribution in [0.2, 0.25) is 0 Å². The molecule has 1 amide bonds. The molecule has 0 aliphatic carbocycles. The van der Waals surface area contributed by atoms with Crippen LogP contribution in [0.5, 0.6) is 0 Å². The summed E-state index contributed by atoms with van der Waals surface area (Å²) in [5.74, 6) is 0.330. The number of amides is 1. The Labute approximate surface area is 233 Å². The van der Waals surface area contributed by atoms with Crippen LogP contribution in [0, 0.1) is 0 Å². The molecule has 1 fully saturated rings. The first-order valence-electron chi connectivity index (χ1n) is 13.4. The quantitative estimate of drug-likeness (QED) is 0.243. The van der Waals surface area contributed by atoms with E-state index in [1.807, 2.05) is 79.0 Å². The lowest BCUT2D eigenvalue weighted by molar-refractivity contribution is -0.113. The number of hydrogen-bond acceptors (Lipinski definition) is 6. The first-order valence-corrected chi connectivity index (χ1v) is 13.4. The first kappa shape index (κ1) is 25.3. The van der Waals surface area contributed by atoms with E-state index in [4.69, 9.17) is 4.98 Å². The zero-order valence-electron chi connectivity index (χ0n) is 22.1. The van der Waals surface area contributed by atoms with Crippen molar-refractivity contribution in [2.24, 2.45) is 0 Å². The third-order valence-corrected chi connectivity index (χ3v) is 7.04. The van der Waals surface area contributed by atoms with E-state index in [1.165, 1.54) is 11.8 Å². The van der Waals surface area contributed by atoms with Gasteiger partial charge in [-0.2, -0.15) is 0 Å². The number of benzene rings is 4. The minimum Gasteiger partial charge on any atom is -0.369 e. The third kappa shape index (κ3) is 5.28. The summed E-state index contributed by atoms with van der Waals surface area (Å²) in [5.41, 5.74) is 6.41. The van der Waals surface area contributed by atoms with E-state index >= 15 is 0 Å². The second-order valence-corrected chi connectivity index (χ2v) is 9.61. The molecule has 6 rings (SSSR count). The molecule has 0 unspecified atom stereocenters. The maximum absolute atomic E-state index is 12.9. The summed E-state index contributed by atoms with van der Waals surface area (Å²) < 4.78 is 0. The largest absolute Gasteiger partial charge is 0.369 e. The van der Waals surface area contributed by atoms with Crippen molar-refractivity contribution < 1.29 is 4.79 Å². The molecule has 2 N–H and O–H groups in total. The molecule has 0 atom stereocenters. The van der Waals surface area contributed by atoms with Gasteiger partial charge in [0.1, 0.15) is 0 Å². The van der Waals surface area contributed by atoms with Gasteiger partial charge in [0.25, 0.3) is 5.91 Å². The smallest absolute Gasteiger partial charge is 0.254 e. The van der Waals surface area contributed by atoms with Crippen LogP contribution >= 0.6 is 0 Å². The lowest BCUT2D eigenvalue weighted by Crippen LogP contribution is -2.43. The van der Waals surface area contributed by atoms with Crippen LogP contribution in [-0.2, 0) is 4.79 Å². The number of hydrogen-bond donors (Lipinski definition) is 2. The number of anilines is 5. The molecule has 4 aromatic carbocycles. The Morgan fingerprint density at radius 2 is 1.65 bits per heavy atom. The summed E-state index contributed by atoms with van der Waals surface area (Å²) in [6.07, 6.45) is 3.17. The van der Waals surface area contributed by atoms with E-state index in [-0.39, 0.29) is 5.91 Å². The topological polar surface area (TPSA) is 73.4 Å². The third-order valence-electron chi connectivity index (χ3n) is 7.04. The van der Waals surface area contributed by atoms with Gasteiger partial charge < -0.3 is 15.5 Å². The summed E-state index contributed by atoms with van der Waals surface area (Å²) in [4.78, 5) is 26.4. The highest BCUT2D eigenvalue weighted by Crippen LogP contribution is 2.33. The maximum atomic E-state index is 12.9. The molecule has 7 nitrogen and oxygen atoms in total. The van der Waals surface area contributed by atoms with Crippen molar-refractivity contribution in [3.8, 4) is 11.1 Å². The molecule has 0 saturated carbocycles. The van der Waals surface area contributed by atoms with Gasteiger partial charge in [0.2, 0.25) is 5.95 Å². The molecule has 2 heterocycles. The molecule has 198 valence electrons. The minimum absolute atomic E-state index is 0.196. The fourth-order valence-electron chi connectivity index (χ4n) is 5.04. The minimum atomic E-state index is -0.196. The number of aromatic nitrogens is 2. The average molecular weight is 527 g/mol. The average Bonchev–Trinajstić information content (AvgIpc) is 3.02. The van der Waals surface area contributed by atoms with Gasteiger partial charge in [-0.1, -0.05) is 55.1 Å². The van der Waals surface area contributed by atoms with Crippen molar-refractivity contribution in [1.29, 1.82) is 0 Å². The van der Waals surface area contributed by atoms with E-state index in [2.05, 4.69) is 51.4 Å². The van der Waals surface area contributed by atoms with Crippen LogP contribution in [0.4, 0.5) is 28.7 Å². The number of nitrogens with zero attached hydrogens (tertiary/aromatic N) is 4. The predicted molar refractivity (Wildman–Crippen MR) is 164 cm³/mol. The fourth-order valence-corrected chi connectivity index (χ4v) is 5.04. The number of piperazine rings is 1. The Bertz CT molecular complexity index is 1650. The van der Waals surface area contributed by atoms with Crippen LogP contribution in [0.15, 0.2) is 116 Å². The van der Waals surface area contributed by atoms with E-state index in [9.17, 15) is 4.79 Å². The van der Waals surface area contributed by atoms with Gasteiger partial charge in [-0.05, 0) is 60.2 Å². The molecule has 40 heavy (non-hydrogen) atoms. The Hall–Kier alpha value is -5.01. The highest BCUT2D eigenvalue weighted by Gasteiger charge is 2.17.